The van der Waals surface area contributed by atoms with E-state index in [0.29, 0.717) is 5.69 Å². The van der Waals surface area contributed by atoms with Gasteiger partial charge in [0.15, 0.2) is 5.17 Å². The minimum absolute atomic E-state index is 0.0859. The van der Waals surface area contributed by atoms with Crippen LogP contribution < -0.4 is 0 Å². The molecule has 0 saturated carbocycles. The molecule has 0 radical (unpaired) electrons. The van der Waals surface area contributed by atoms with Crippen molar-refractivity contribution in [2.24, 2.45) is 5.16 Å². The summed E-state index contributed by atoms with van der Waals surface area (Å²) in [4.78, 5) is 1.41. The van der Waals surface area contributed by atoms with Crippen LogP contribution in [0.3, 0.4) is 0 Å². The molecule has 0 fully saturated rings. The Hall–Kier alpha value is -1.88. The average Bonchev–Trinajstić information content (AvgIpc) is 2.78. The molecule has 0 amide bonds. The fourth-order valence-corrected chi connectivity index (χ4v) is 1.18. The zero-order valence-electron chi connectivity index (χ0n) is 7.58. The smallest absolute Gasteiger partial charge is 0.197 e. The Bertz CT molecular complexity index is 480. The predicted octanol–water partition coefficient (Wildman–Crippen LogP) is 1.64. The number of halogens is 1. The first kappa shape index (κ1) is 9.67. The summed E-state index contributed by atoms with van der Waals surface area (Å²) >= 11 is 5.58. The number of aromatic nitrogens is 3. The van der Waals surface area contributed by atoms with Crippen molar-refractivity contribution >= 4 is 16.8 Å². The van der Waals surface area contributed by atoms with Crippen LogP contribution in [0.15, 0.2) is 41.7 Å². The molecule has 2 aromatic rings. The van der Waals surface area contributed by atoms with Crippen LogP contribution in [0.5, 0.6) is 0 Å². The third kappa shape index (κ3) is 1.97. The third-order valence-electron chi connectivity index (χ3n) is 1.78. The first-order chi connectivity index (χ1) is 7.31. The number of benzene rings is 1. The first-order valence-corrected chi connectivity index (χ1v) is 4.55. The lowest BCUT2D eigenvalue weighted by Crippen LogP contribution is -2.00. The lowest BCUT2D eigenvalue weighted by molar-refractivity contribution is 0.320. The summed E-state index contributed by atoms with van der Waals surface area (Å²) in [5.74, 6) is 0. The molecule has 0 atom stereocenters. The summed E-state index contributed by atoms with van der Waals surface area (Å²) in [6.45, 7) is 0. The van der Waals surface area contributed by atoms with Gasteiger partial charge in [-0.15, -0.1) is 5.10 Å². The lowest BCUT2D eigenvalue weighted by Gasteiger charge is -1.96. The highest BCUT2D eigenvalue weighted by Gasteiger charge is 2.06. The summed E-state index contributed by atoms with van der Waals surface area (Å²) in [6, 6.07) is 9.36. The van der Waals surface area contributed by atoms with Crippen LogP contribution in [0, 0.1) is 0 Å². The van der Waals surface area contributed by atoms with Crippen LogP contribution in [0.4, 0.5) is 0 Å². The average molecular weight is 223 g/mol. The van der Waals surface area contributed by atoms with Crippen LogP contribution in [0.2, 0.25) is 0 Å². The molecule has 5 nitrogen and oxygen atoms in total. The fraction of sp³-hybridized carbons (Fsp3) is 0. The Morgan fingerprint density at radius 2 is 2.07 bits per heavy atom. The van der Waals surface area contributed by atoms with Crippen molar-refractivity contribution in [3.63, 3.8) is 0 Å². The van der Waals surface area contributed by atoms with Crippen molar-refractivity contribution in [3.05, 3.63) is 42.2 Å². The van der Waals surface area contributed by atoms with E-state index in [2.05, 4.69) is 15.4 Å². The molecule has 0 aliphatic rings. The minimum atomic E-state index is -0.0859. The van der Waals surface area contributed by atoms with Crippen LogP contribution in [0.1, 0.15) is 5.69 Å². The second-order valence-corrected chi connectivity index (χ2v) is 3.10. The monoisotopic (exact) mass is 222 g/mol. The van der Waals surface area contributed by atoms with Gasteiger partial charge < -0.3 is 5.21 Å². The fourth-order valence-electron chi connectivity index (χ4n) is 1.09. The Morgan fingerprint density at radius 3 is 2.73 bits per heavy atom. The van der Waals surface area contributed by atoms with Gasteiger partial charge in [0.1, 0.15) is 5.69 Å². The standard InChI is InChI=1S/C9H7ClN4O/c10-9(13-15)8-6-11-14(12-8)7-4-2-1-3-5-7/h1-6,15H/b13-9+. The lowest BCUT2D eigenvalue weighted by atomic mass is 10.3. The maximum Gasteiger partial charge on any atom is 0.197 e. The van der Waals surface area contributed by atoms with E-state index in [1.807, 2.05) is 30.3 Å². The molecular formula is C9H7ClN4O. The second kappa shape index (κ2) is 4.10. The van der Waals surface area contributed by atoms with E-state index in [9.17, 15) is 0 Å². The molecular weight excluding hydrogens is 216 g/mol. The molecule has 1 heterocycles. The molecule has 0 spiro atoms. The molecule has 0 unspecified atom stereocenters. The number of hydrogen-bond donors (Lipinski definition) is 1. The molecule has 2 rings (SSSR count). The van der Waals surface area contributed by atoms with Crippen LogP contribution >= 0.6 is 11.6 Å². The van der Waals surface area contributed by atoms with Gasteiger partial charge in [-0.25, -0.2) is 0 Å². The zero-order valence-corrected chi connectivity index (χ0v) is 8.33. The van der Waals surface area contributed by atoms with E-state index in [1.54, 1.807) is 0 Å². The van der Waals surface area contributed by atoms with E-state index in [1.165, 1.54) is 11.0 Å². The second-order valence-electron chi connectivity index (χ2n) is 2.75. The Kier molecular flexibility index (Phi) is 2.64. The highest BCUT2D eigenvalue weighted by molar-refractivity contribution is 6.69. The number of hydrogen-bond acceptors (Lipinski definition) is 4. The highest BCUT2D eigenvalue weighted by atomic mass is 35.5. The molecule has 0 saturated heterocycles. The van der Waals surface area contributed by atoms with Crippen molar-refractivity contribution < 1.29 is 5.21 Å². The number of nitrogens with zero attached hydrogens (tertiary/aromatic N) is 4. The van der Waals surface area contributed by atoms with Crippen molar-refractivity contribution in [3.8, 4) is 5.69 Å². The Labute approximate surface area is 90.6 Å². The van der Waals surface area contributed by atoms with Crippen molar-refractivity contribution in [2.45, 2.75) is 0 Å². The van der Waals surface area contributed by atoms with Crippen LogP contribution in [-0.4, -0.2) is 25.4 Å². The zero-order chi connectivity index (χ0) is 10.7. The molecule has 15 heavy (non-hydrogen) atoms. The van der Waals surface area contributed by atoms with E-state index >= 15 is 0 Å². The molecule has 0 bridgehead atoms. The quantitative estimate of drug-likeness (QED) is 0.477. The highest BCUT2D eigenvalue weighted by Crippen LogP contribution is 2.05. The maximum atomic E-state index is 8.45. The molecule has 0 aliphatic carbocycles. The van der Waals surface area contributed by atoms with E-state index in [4.69, 9.17) is 16.8 Å². The van der Waals surface area contributed by atoms with Gasteiger partial charge in [-0.05, 0) is 12.1 Å². The molecule has 0 aliphatic heterocycles. The normalized spacial score (nSPS) is 11.7. The Morgan fingerprint density at radius 1 is 1.33 bits per heavy atom. The van der Waals surface area contributed by atoms with Gasteiger partial charge in [0.2, 0.25) is 0 Å². The third-order valence-corrected chi connectivity index (χ3v) is 2.05. The number of para-hydroxylation sites is 1. The summed E-state index contributed by atoms with van der Waals surface area (Å²) in [5, 5.41) is 19.2. The van der Waals surface area contributed by atoms with Crippen LogP contribution in [0.25, 0.3) is 5.69 Å². The first-order valence-electron chi connectivity index (χ1n) is 4.17. The van der Waals surface area contributed by atoms with Crippen molar-refractivity contribution in [1.82, 2.24) is 15.0 Å². The van der Waals surface area contributed by atoms with Gasteiger partial charge in [-0.3, -0.25) is 0 Å². The predicted molar refractivity (Wildman–Crippen MR) is 55.5 cm³/mol. The van der Waals surface area contributed by atoms with E-state index in [0.717, 1.165) is 5.69 Å². The van der Waals surface area contributed by atoms with Gasteiger partial charge >= 0.3 is 0 Å². The molecule has 1 N–H and O–H groups in total. The van der Waals surface area contributed by atoms with Crippen molar-refractivity contribution in [2.75, 3.05) is 0 Å². The molecule has 1 aromatic carbocycles. The van der Waals surface area contributed by atoms with Crippen LogP contribution in [-0.2, 0) is 0 Å². The molecule has 6 heteroatoms. The maximum absolute atomic E-state index is 8.45. The Balaban J connectivity index is 2.36. The largest absolute Gasteiger partial charge is 0.410 e. The SMILES string of the molecule is O/N=C(/Cl)c1cnn(-c2ccccc2)n1. The summed E-state index contributed by atoms with van der Waals surface area (Å²) in [7, 11) is 0. The van der Waals surface area contributed by atoms with Gasteiger partial charge in [0, 0.05) is 0 Å². The summed E-state index contributed by atoms with van der Waals surface area (Å²) < 4.78 is 0. The van der Waals surface area contributed by atoms with E-state index < -0.39 is 0 Å². The van der Waals surface area contributed by atoms with Gasteiger partial charge in [-0.1, -0.05) is 35.0 Å². The van der Waals surface area contributed by atoms with Crippen molar-refractivity contribution in [1.29, 1.82) is 0 Å². The molecule has 76 valence electrons. The van der Waals surface area contributed by atoms with E-state index in [-0.39, 0.29) is 5.17 Å². The number of oxime groups is 1. The molecule has 1 aromatic heterocycles. The minimum Gasteiger partial charge on any atom is -0.410 e. The summed E-state index contributed by atoms with van der Waals surface area (Å²) in [6.07, 6.45) is 1.43. The number of rotatable bonds is 2. The van der Waals surface area contributed by atoms with Gasteiger partial charge in [-0.2, -0.15) is 9.90 Å². The van der Waals surface area contributed by atoms with Gasteiger partial charge in [0.05, 0.1) is 11.9 Å². The topological polar surface area (TPSA) is 63.3 Å². The summed E-state index contributed by atoms with van der Waals surface area (Å²) in [5.41, 5.74) is 1.13. The van der Waals surface area contributed by atoms with Gasteiger partial charge in [0.25, 0.3) is 0 Å².